The highest BCUT2D eigenvalue weighted by Crippen LogP contribution is 2.63. The smallest absolute Gasteiger partial charge is 0.0175 e. The molecule has 0 N–H and O–H groups in total. The highest BCUT2D eigenvalue weighted by molar-refractivity contribution is 9.10. The van der Waals surface area contributed by atoms with Crippen LogP contribution in [0.15, 0.2) is 28.7 Å². The number of benzene rings is 1. The number of hydrogen-bond acceptors (Lipinski definition) is 0. The molecule has 2 atom stereocenters. The van der Waals surface area contributed by atoms with Gasteiger partial charge in [0.1, 0.15) is 0 Å². The molecule has 1 fully saturated rings. The van der Waals surface area contributed by atoms with Crippen LogP contribution in [0.1, 0.15) is 32.3 Å². The van der Waals surface area contributed by atoms with Crippen LogP contribution in [0.5, 0.6) is 0 Å². The monoisotopic (exact) mass is 238 g/mol. The van der Waals surface area contributed by atoms with E-state index in [1.807, 2.05) is 0 Å². The summed E-state index contributed by atoms with van der Waals surface area (Å²) in [7, 11) is 0. The van der Waals surface area contributed by atoms with Crippen molar-refractivity contribution < 1.29 is 0 Å². The molecule has 1 heteroatoms. The lowest BCUT2D eigenvalue weighted by Crippen LogP contribution is -1.89. The van der Waals surface area contributed by atoms with Crippen molar-refractivity contribution in [2.75, 3.05) is 0 Å². The molecule has 0 bridgehead atoms. The summed E-state index contributed by atoms with van der Waals surface area (Å²) in [5.41, 5.74) is 1.99. The van der Waals surface area contributed by atoms with E-state index in [2.05, 4.69) is 61.0 Å². The third kappa shape index (κ3) is 1.43. The molecule has 0 radical (unpaired) electrons. The third-order valence-electron chi connectivity index (χ3n) is 3.60. The molecule has 0 aliphatic heterocycles. The maximum atomic E-state index is 3.46. The summed E-state index contributed by atoms with van der Waals surface area (Å²) >= 11 is 3.46. The van der Waals surface area contributed by atoms with Crippen molar-refractivity contribution in [3.63, 3.8) is 0 Å². The lowest BCUT2D eigenvalue weighted by molar-refractivity contribution is 0.575. The van der Waals surface area contributed by atoms with Crippen LogP contribution in [-0.4, -0.2) is 0 Å². The number of halogens is 1. The van der Waals surface area contributed by atoms with Gasteiger partial charge in [0.15, 0.2) is 0 Å². The summed E-state index contributed by atoms with van der Waals surface area (Å²) < 4.78 is 1.17. The fourth-order valence-electron chi connectivity index (χ4n) is 2.28. The van der Waals surface area contributed by atoms with Gasteiger partial charge >= 0.3 is 0 Å². The summed E-state index contributed by atoms with van der Waals surface area (Å²) in [6, 6.07) is 8.74. The minimum Gasteiger partial charge on any atom is -0.0614 e. The minimum absolute atomic E-state index is 0.508. The molecule has 13 heavy (non-hydrogen) atoms. The van der Waals surface area contributed by atoms with Crippen molar-refractivity contribution in [3.8, 4) is 0 Å². The molecule has 0 saturated heterocycles. The van der Waals surface area contributed by atoms with Crippen molar-refractivity contribution in [1.29, 1.82) is 0 Å². The van der Waals surface area contributed by atoms with Crippen molar-refractivity contribution in [2.45, 2.75) is 26.7 Å². The molecule has 1 aromatic carbocycles. The molecule has 70 valence electrons. The Hall–Kier alpha value is -0.300. The standard InChI is InChI=1S/C12H15Br/c1-8-11(12(8,2)3)9-4-6-10(13)7-5-9/h4-8,11H,1-3H3/t8-,11+/m1/s1. The van der Waals surface area contributed by atoms with E-state index < -0.39 is 0 Å². The van der Waals surface area contributed by atoms with Crippen molar-refractivity contribution in [1.82, 2.24) is 0 Å². The number of hydrogen-bond donors (Lipinski definition) is 0. The summed E-state index contributed by atoms with van der Waals surface area (Å²) in [6.45, 7) is 7.04. The Balaban J connectivity index is 2.25. The van der Waals surface area contributed by atoms with Crippen LogP contribution < -0.4 is 0 Å². The second-order valence-corrected chi connectivity index (χ2v) is 5.55. The quantitative estimate of drug-likeness (QED) is 0.688. The van der Waals surface area contributed by atoms with Crippen LogP contribution in [0.2, 0.25) is 0 Å². The molecule has 0 amide bonds. The Morgan fingerprint density at radius 2 is 1.62 bits per heavy atom. The summed E-state index contributed by atoms with van der Waals surface area (Å²) in [4.78, 5) is 0. The largest absolute Gasteiger partial charge is 0.0614 e. The maximum Gasteiger partial charge on any atom is 0.0175 e. The van der Waals surface area contributed by atoms with Gasteiger partial charge < -0.3 is 0 Å². The third-order valence-corrected chi connectivity index (χ3v) is 4.12. The van der Waals surface area contributed by atoms with Crippen LogP contribution in [0, 0.1) is 11.3 Å². The van der Waals surface area contributed by atoms with E-state index in [4.69, 9.17) is 0 Å². The summed E-state index contributed by atoms with van der Waals surface area (Å²) in [6.07, 6.45) is 0. The topological polar surface area (TPSA) is 0 Å². The van der Waals surface area contributed by atoms with Crippen LogP contribution in [0.3, 0.4) is 0 Å². The van der Waals surface area contributed by atoms with Gasteiger partial charge in [-0.15, -0.1) is 0 Å². The average Bonchev–Trinajstić information content (AvgIpc) is 2.55. The van der Waals surface area contributed by atoms with Crippen LogP contribution in [0.25, 0.3) is 0 Å². The molecule has 0 aromatic heterocycles. The van der Waals surface area contributed by atoms with E-state index >= 15 is 0 Å². The van der Waals surface area contributed by atoms with E-state index in [-0.39, 0.29) is 0 Å². The highest BCUT2D eigenvalue weighted by Gasteiger charge is 2.54. The van der Waals surface area contributed by atoms with E-state index in [9.17, 15) is 0 Å². The van der Waals surface area contributed by atoms with Crippen molar-refractivity contribution >= 4 is 15.9 Å². The molecule has 0 heterocycles. The minimum atomic E-state index is 0.508. The van der Waals surface area contributed by atoms with Crippen LogP contribution >= 0.6 is 15.9 Å². The van der Waals surface area contributed by atoms with Crippen molar-refractivity contribution in [3.05, 3.63) is 34.3 Å². The van der Waals surface area contributed by atoms with Gasteiger partial charge in [0, 0.05) is 4.47 Å². The Labute approximate surface area is 88.5 Å². The lowest BCUT2D eigenvalue weighted by Gasteiger charge is -2.02. The molecule has 0 unspecified atom stereocenters. The van der Waals surface area contributed by atoms with Crippen molar-refractivity contribution in [2.24, 2.45) is 11.3 Å². The normalized spacial score (nSPS) is 30.2. The van der Waals surface area contributed by atoms with E-state index in [1.165, 1.54) is 10.0 Å². The molecule has 2 rings (SSSR count). The van der Waals surface area contributed by atoms with Gasteiger partial charge in [-0.3, -0.25) is 0 Å². The molecule has 0 spiro atoms. The van der Waals surface area contributed by atoms with Crippen LogP contribution in [0.4, 0.5) is 0 Å². The second-order valence-electron chi connectivity index (χ2n) is 4.64. The zero-order valence-corrected chi connectivity index (χ0v) is 9.93. The summed E-state index contributed by atoms with van der Waals surface area (Å²) in [5, 5.41) is 0. The zero-order chi connectivity index (χ0) is 9.64. The van der Waals surface area contributed by atoms with E-state index in [0.717, 1.165) is 11.8 Å². The molecular formula is C12H15Br. The predicted molar refractivity (Wildman–Crippen MR) is 59.8 cm³/mol. The second kappa shape index (κ2) is 2.84. The first kappa shape index (κ1) is 9.26. The van der Waals surface area contributed by atoms with Crippen LogP contribution in [-0.2, 0) is 0 Å². The van der Waals surface area contributed by atoms with E-state index in [0.29, 0.717) is 5.41 Å². The first-order valence-corrected chi connectivity index (χ1v) is 5.58. The highest BCUT2D eigenvalue weighted by atomic mass is 79.9. The Kier molecular flexibility index (Phi) is 2.03. The SMILES string of the molecule is C[C@@H]1[C@@H](c2ccc(Br)cc2)C1(C)C. The Morgan fingerprint density at radius 3 is 2.00 bits per heavy atom. The van der Waals surface area contributed by atoms with Gasteiger partial charge in [0.2, 0.25) is 0 Å². The van der Waals surface area contributed by atoms with Gasteiger partial charge in [-0.2, -0.15) is 0 Å². The molecule has 1 aromatic rings. The maximum absolute atomic E-state index is 3.46. The fourth-order valence-corrected chi connectivity index (χ4v) is 2.55. The first-order valence-electron chi connectivity index (χ1n) is 4.79. The first-order chi connectivity index (χ1) is 6.03. The molecule has 0 nitrogen and oxygen atoms in total. The average molecular weight is 239 g/mol. The summed E-state index contributed by atoms with van der Waals surface area (Å²) in [5.74, 6) is 1.59. The molecule has 1 aliphatic carbocycles. The van der Waals surface area contributed by atoms with Gasteiger partial charge in [-0.25, -0.2) is 0 Å². The van der Waals surface area contributed by atoms with Gasteiger partial charge in [0.05, 0.1) is 0 Å². The molecule has 1 saturated carbocycles. The zero-order valence-electron chi connectivity index (χ0n) is 8.34. The van der Waals surface area contributed by atoms with Gasteiger partial charge in [-0.1, -0.05) is 48.8 Å². The molecular weight excluding hydrogens is 224 g/mol. The molecule has 1 aliphatic rings. The van der Waals surface area contributed by atoms with Gasteiger partial charge in [0.25, 0.3) is 0 Å². The van der Waals surface area contributed by atoms with E-state index in [1.54, 1.807) is 0 Å². The Morgan fingerprint density at radius 1 is 1.15 bits per heavy atom. The Bertz CT molecular complexity index is 310. The number of rotatable bonds is 1. The lowest BCUT2D eigenvalue weighted by atomic mass is 10.0. The fraction of sp³-hybridized carbons (Fsp3) is 0.500. The predicted octanol–water partition coefficient (Wildman–Crippen LogP) is 4.21. The van der Waals surface area contributed by atoms with Gasteiger partial charge in [-0.05, 0) is 34.9 Å².